The van der Waals surface area contributed by atoms with Crippen molar-refractivity contribution < 1.29 is 5.11 Å². The molecule has 0 heterocycles. The van der Waals surface area contributed by atoms with Crippen molar-refractivity contribution in [3.05, 3.63) is 47.2 Å². The summed E-state index contributed by atoms with van der Waals surface area (Å²) in [7, 11) is -1.40. The molecule has 0 radical (unpaired) electrons. The summed E-state index contributed by atoms with van der Waals surface area (Å²) < 4.78 is 0. The van der Waals surface area contributed by atoms with Crippen LogP contribution in [-0.2, 0) is 6.04 Å². The van der Waals surface area contributed by atoms with Crippen LogP contribution in [0.3, 0.4) is 0 Å². The lowest BCUT2D eigenvalue weighted by Gasteiger charge is -2.27. The lowest BCUT2D eigenvalue weighted by atomic mass is 10.2. The van der Waals surface area contributed by atoms with Crippen LogP contribution >= 0.6 is 0 Å². The topological polar surface area (TPSA) is 20.2 Å². The zero-order chi connectivity index (χ0) is 14.1. The normalized spacial score (nSPS) is 12.7. The molecule has 0 saturated heterocycles. The molecule has 106 valence electrons. The van der Waals surface area contributed by atoms with E-state index in [-0.39, 0.29) is 6.61 Å². The van der Waals surface area contributed by atoms with Gasteiger partial charge in [0.05, 0.1) is 8.07 Å². The lowest BCUT2D eigenvalue weighted by molar-refractivity contribution is 0.302. The molecule has 0 fully saturated rings. The Labute approximate surface area is 119 Å². The van der Waals surface area contributed by atoms with E-state index < -0.39 is 8.07 Å². The highest BCUT2D eigenvalue weighted by Crippen LogP contribution is 2.25. The van der Waals surface area contributed by atoms with Gasteiger partial charge in [-0.15, -0.1) is 0 Å². The number of hydrogen-bond donors (Lipinski definition) is 1. The van der Waals surface area contributed by atoms with Gasteiger partial charge in [0.15, 0.2) is 0 Å². The average molecular weight is 276 g/mol. The van der Waals surface area contributed by atoms with Crippen LogP contribution in [0.2, 0.25) is 13.1 Å². The zero-order valence-corrected chi connectivity index (χ0v) is 13.7. The first-order valence-corrected chi connectivity index (χ1v) is 10.6. The Balaban J connectivity index is 2.79. The Bertz CT molecular complexity index is 382. The van der Waals surface area contributed by atoms with Gasteiger partial charge < -0.3 is 5.11 Å². The number of aliphatic hydroxyl groups is 1. The fourth-order valence-corrected chi connectivity index (χ4v) is 5.58. The highest BCUT2D eigenvalue weighted by Gasteiger charge is 2.25. The van der Waals surface area contributed by atoms with E-state index in [0.717, 1.165) is 6.42 Å². The van der Waals surface area contributed by atoms with E-state index in [2.05, 4.69) is 56.4 Å². The lowest BCUT2D eigenvalue weighted by Crippen LogP contribution is -2.33. The number of unbranched alkanes of at least 4 members (excludes halogenated alkanes) is 1. The van der Waals surface area contributed by atoms with Crippen LogP contribution in [0.4, 0.5) is 0 Å². The Hall–Kier alpha value is -0.863. The third-order valence-corrected chi connectivity index (χ3v) is 7.16. The van der Waals surface area contributed by atoms with Crippen LogP contribution in [0.15, 0.2) is 41.6 Å². The minimum atomic E-state index is -1.40. The summed E-state index contributed by atoms with van der Waals surface area (Å²) in [5, 5.41) is 10.7. The van der Waals surface area contributed by atoms with Crippen molar-refractivity contribution in [1.29, 1.82) is 0 Å². The Morgan fingerprint density at radius 1 is 1.21 bits per heavy atom. The van der Waals surface area contributed by atoms with Gasteiger partial charge in [-0.05, 0) is 18.9 Å². The van der Waals surface area contributed by atoms with E-state index >= 15 is 0 Å². The van der Waals surface area contributed by atoms with Gasteiger partial charge >= 0.3 is 0 Å². The summed E-state index contributed by atoms with van der Waals surface area (Å²) >= 11 is 0. The van der Waals surface area contributed by atoms with Crippen LogP contribution in [0.5, 0.6) is 0 Å². The smallest absolute Gasteiger partial charge is 0.0793 e. The first kappa shape index (κ1) is 16.2. The van der Waals surface area contributed by atoms with Gasteiger partial charge in [-0.1, -0.05) is 80.0 Å². The van der Waals surface area contributed by atoms with E-state index in [1.54, 1.807) is 5.20 Å². The maximum atomic E-state index is 9.07. The van der Waals surface area contributed by atoms with Crippen molar-refractivity contribution >= 4 is 8.07 Å². The predicted molar refractivity (Wildman–Crippen MR) is 86.9 cm³/mol. The third kappa shape index (κ3) is 5.75. The highest BCUT2D eigenvalue weighted by atomic mass is 28.3. The molecule has 0 aliphatic heterocycles. The SMILES string of the molecule is CCCC/C(=C/CCO)[Si](C)(C)Cc1ccccc1. The minimum absolute atomic E-state index is 0.269. The molecule has 19 heavy (non-hydrogen) atoms. The van der Waals surface area contributed by atoms with E-state index in [1.807, 2.05) is 0 Å². The van der Waals surface area contributed by atoms with Gasteiger partial charge in [0, 0.05) is 6.61 Å². The van der Waals surface area contributed by atoms with Gasteiger partial charge in [0.25, 0.3) is 0 Å². The van der Waals surface area contributed by atoms with Gasteiger partial charge in [0.1, 0.15) is 0 Å². The molecule has 1 aromatic rings. The average Bonchev–Trinajstić information content (AvgIpc) is 2.39. The molecule has 1 rings (SSSR count). The summed E-state index contributed by atoms with van der Waals surface area (Å²) in [6.07, 6.45) is 6.84. The summed E-state index contributed by atoms with van der Waals surface area (Å²) in [5.41, 5.74) is 1.45. The Kier molecular flexibility index (Phi) is 7.10. The van der Waals surface area contributed by atoms with Crippen LogP contribution in [-0.4, -0.2) is 19.8 Å². The molecule has 0 amide bonds. The fourth-order valence-electron chi connectivity index (χ4n) is 2.54. The molecule has 2 heteroatoms. The molecular weight excluding hydrogens is 248 g/mol. The van der Waals surface area contributed by atoms with E-state index in [9.17, 15) is 0 Å². The molecule has 1 aromatic carbocycles. The third-order valence-electron chi connectivity index (χ3n) is 3.68. The number of aliphatic hydroxyl groups excluding tert-OH is 1. The van der Waals surface area contributed by atoms with Crippen molar-refractivity contribution in [3.63, 3.8) is 0 Å². The molecule has 0 saturated carbocycles. The molecule has 0 aromatic heterocycles. The fraction of sp³-hybridized carbons (Fsp3) is 0.529. The molecular formula is C17H28OSi. The van der Waals surface area contributed by atoms with Crippen molar-refractivity contribution in [2.75, 3.05) is 6.61 Å². The second-order valence-electron chi connectivity index (χ2n) is 5.89. The monoisotopic (exact) mass is 276 g/mol. The molecule has 0 unspecified atom stereocenters. The van der Waals surface area contributed by atoms with Gasteiger partial charge in [-0.2, -0.15) is 0 Å². The quantitative estimate of drug-likeness (QED) is 0.692. The predicted octanol–water partition coefficient (Wildman–Crippen LogP) is 4.51. The van der Waals surface area contributed by atoms with Crippen LogP contribution < -0.4 is 0 Å². The molecule has 1 N–H and O–H groups in total. The number of rotatable bonds is 8. The zero-order valence-electron chi connectivity index (χ0n) is 12.7. The van der Waals surface area contributed by atoms with Crippen LogP contribution in [0.1, 0.15) is 38.2 Å². The molecule has 0 spiro atoms. The molecule has 0 aliphatic rings. The molecule has 0 atom stereocenters. The van der Waals surface area contributed by atoms with E-state index in [4.69, 9.17) is 5.11 Å². The van der Waals surface area contributed by atoms with Gasteiger partial charge in [-0.3, -0.25) is 0 Å². The molecule has 0 bridgehead atoms. The van der Waals surface area contributed by atoms with Crippen molar-refractivity contribution in [2.24, 2.45) is 0 Å². The summed E-state index contributed by atoms with van der Waals surface area (Å²) in [6, 6.07) is 12.0. The first-order chi connectivity index (χ1) is 9.10. The largest absolute Gasteiger partial charge is 0.396 e. The number of benzene rings is 1. The van der Waals surface area contributed by atoms with E-state index in [1.165, 1.54) is 30.9 Å². The van der Waals surface area contributed by atoms with Gasteiger partial charge in [0.2, 0.25) is 0 Å². The molecule has 0 aliphatic carbocycles. The Morgan fingerprint density at radius 2 is 1.89 bits per heavy atom. The second kappa shape index (κ2) is 8.34. The maximum Gasteiger partial charge on any atom is 0.0793 e. The molecule has 1 nitrogen and oxygen atoms in total. The number of allylic oxidation sites excluding steroid dienone is 1. The summed E-state index contributed by atoms with van der Waals surface area (Å²) in [4.78, 5) is 0. The Morgan fingerprint density at radius 3 is 2.47 bits per heavy atom. The van der Waals surface area contributed by atoms with Crippen LogP contribution in [0, 0.1) is 0 Å². The first-order valence-electron chi connectivity index (χ1n) is 7.44. The van der Waals surface area contributed by atoms with Crippen molar-refractivity contribution in [2.45, 2.75) is 51.7 Å². The van der Waals surface area contributed by atoms with Crippen LogP contribution in [0.25, 0.3) is 0 Å². The maximum absolute atomic E-state index is 9.07. The summed E-state index contributed by atoms with van der Waals surface area (Å²) in [5.74, 6) is 0. The summed E-state index contributed by atoms with van der Waals surface area (Å²) in [6.45, 7) is 7.43. The van der Waals surface area contributed by atoms with Gasteiger partial charge in [-0.25, -0.2) is 0 Å². The van der Waals surface area contributed by atoms with Crippen molar-refractivity contribution in [3.8, 4) is 0 Å². The second-order valence-corrected chi connectivity index (χ2v) is 10.7. The van der Waals surface area contributed by atoms with Crippen molar-refractivity contribution in [1.82, 2.24) is 0 Å². The minimum Gasteiger partial charge on any atom is -0.396 e. The van der Waals surface area contributed by atoms with E-state index in [0.29, 0.717) is 0 Å². The highest BCUT2D eigenvalue weighted by molar-refractivity contribution is 6.83. The number of hydrogen-bond acceptors (Lipinski definition) is 1. The standard InChI is InChI=1S/C17H28OSi/c1-4-5-12-17(13-9-14-18)19(2,3)15-16-10-7-6-8-11-16/h6-8,10-11,13,18H,4-5,9,12,14-15H2,1-3H3/b17-13-.